The number of hydrogen-bond acceptors (Lipinski definition) is 5. The van der Waals surface area contributed by atoms with Crippen LogP contribution in [0.3, 0.4) is 0 Å². The molecule has 1 aliphatic carbocycles. The summed E-state index contributed by atoms with van der Waals surface area (Å²) in [5, 5.41) is 3.00. The van der Waals surface area contributed by atoms with Crippen molar-refractivity contribution >= 4 is 11.7 Å². The largest absolute Gasteiger partial charge is 0.493 e. The van der Waals surface area contributed by atoms with Crippen molar-refractivity contribution < 1.29 is 23.8 Å². The molecule has 0 aromatic heterocycles. The maximum absolute atomic E-state index is 13.5. The summed E-state index contributed by atoms with van der Waals surface area (Å²) < 4.78 is 17.2. The molecule has 1 aliphatic heterocycles. The molecular weight excluding hydrogens is 430 g/mol. The Kier molecular flexibility index (Phi) is 7.56. The average Bonchev–Trinajstić information content (AvgIpc) is 2.84. The summed E-state index contributed by atoms with van der Waals surface area (Å²) in [4.78, 5) is 26.2. The van der Waals surface area contributed by atoms with Gasteiger partial charge in [0.1, 0.15) is 5.75 Å². The third-order valence-electron chi connectivity index (χ3n) is 6.54. The van der Waals surface area contributed by atoms with Gasteiger partial charge in [0.15, 0.2) is 17.3 Å². The number of nitrogens with one attached hydrogen (secondary N) is 1. The molecule has 2 aromatic carbocycles. The Morgan fingerprint density at radius 2 is 1.76 bits per heavy atom. The first-order valence-electron chi connectivity index (χ1n) is 12.1. The highest BCUT2D eigenvalue weighted by molar-refractivity contribution is 6.02. The first-order chi connectivity index (χ1) is 16.5. The van der Waals surface area contributed by atoms with Gasteiger partial charge in [-0.25, -0.2) is 0 Å². The second-order valence-electron chi connectivity index (χ2n) is 8.81. The Labute approximate surface area is 201 Å². The molecule has 2 atom stereocenters. The number of para-hydroxylation sites is 1. The lowest BCUT2D eigenvalue weighted by atomic mass is 9.73. The number of methoxy groups -OCH3 is 1. The number of unbranched alkanes of at least 4 members (excludes halogenated alkanes) is 1. The van der Waals surface area contributed by atoms with Gasteiger partial charge in [-0.15, -0.1) is 0 Å². The van der Waals surface area contributed by atoms with Crippen LogP contribution in [-0.4, -0.2) is 32.0 Å². The van der Waals surface area contributed by atoms with Crippen molar-refractivity contribution in [2.24, 2.45) is 0 Å². The molecule has 34 heavy (non-hydrogen) atoms. The Morgan fingerprint density at radius 3 is 2.53 bits per heavy atom. The van der Waals surface area contributed by atoms with Crippen LogP contribution in [0.1, 0.15) is 68.9 Å². The van der Waals surface area contributed by atoms with Crippen LogP contribution in [0.25, 0.3) is 0 Å². The number of amides is 1. The maximum atomic E-state index is 13.5. The number of Topliss-reactive ketones (excluding diaryl/α,β-unsaturated/α-hetero) is 1. The number of carbonyl (C=O) groups excluding carboxylic acids is 2. The van der Waals surface area contributed by atoms with E-state index in [-0.39, 0.29) is 29.9 Å². The minimum atomic E-state index is -0.287. The fourth-order valence-electron chi connectivity index (χ4n) is 4.90. The summed E-state index contributed by atoms with van der Waals surface area (Å²) in [6, 6.07) is 13.6. The highest BCUT2D eigenvalue weighted by Crippen LogP contribution is 2.45. The van der Waals surface area contributed by atoms with Gasteiger partial charge in [-0.05, 0) is 49.4 Å². The molecule has 1 heterocycles. The monoisotopic (exact) mass is 463 g/mol. The molecule has 2 unspecified atom stereocenters. The van der Waals surface area contributed by atoms with Crippen molar-refractivity contribution in [2.75, 3.05) is 20.3 Å². The van der Waals surface area contributed by atoms with Crippen LogP contribution in [0.15, 0.2) is 53.7 Å². The molecule has 0 fully saturated rings. The number of ether oxygens (including phenoxy) is 3. The minimum absolute atomic E-state index is 0.0362. The number of carbonyl (C=O) groups is 2. The molecule has 180 valence electrons. The quantitative estimate of drug-likeness (QED) is 0.513. The highest BCUT2D eigenvalue weighted by Gasteiger charge is 2.39. The van der Waals surface area contributed by atoms with Gasteiger partial charge in [0.2, 0.25) is 5.91 Å². The van der Waals surface area contributed by atoms with E-state index in [1.165, 1.54) is 0 Å². The van der Waals surface area contributed by atoms with E-state index < -0.39 is 0 Å². The normalized spacial score (nSPS) is 20.0. The zero-order chi connectivity index (χ0) is 24.1. The van der Waals surface area contributed by atoms with Crippen molar-refractivity contribution in [2.45, 2.75) is 57.8 Å². The maximum Gasteiger partial charge on any atom is 0.225 e. The Balaban J connectivity index is 1.65. The Hall–Kier alpha value is -3.28. The van der Waals surface area contributed by atoms with Crippen LogP contribution in [0.2, 0.25) is 0 Å². The van der Waals surface area contributed by atoms with Crippen molar-refractivity contribution in [3.63, 3.8) is 0 Å². The van der Waals surface area contributed by atoms with E-state index in [2.05, 4.69) is 12.2 Å². The number of rotatable bonds is 9. The van der Waals surface area contributed by atoms with E-state index in [1.54, 1.807) is 7.11 Å². The predicted molar refractivity (Wildman–Crippen MR) is 131 cm³/mol. The number of hydrogen-bond donors (Lipinski definition) is 1. The first-order valence-corrected chi connectivity index (χ1v) is 12.1. The van der Waals surface area contributed by atoms with Crippen molar-refractivity contribution in [3.8, 4) is 17.2 Å². The summed E-state index contributed by atoms with van der Waals surface area (Å²) in [5.74, 6) is 1.78. The molecule has 4 rings (SSSR count). The molecule has 6 nitrogen and oxygen atoms in total. The lowest BCUT2D eigenvalue weighted by molar-refractivity contribution is -0.122. The van der Waals surface area contributed by atoms with Gasteiger partial charge in [0.25, 0.3) is 0 Å². The summed E-state index contributed by atoms with van der Waals surface area (Å²) in [5.41, 5.74) is 3.37. The van der Waals surface area contributed by atoms with Gasteiger partial charge >= 0.3 is 0 Å². The summed E-state index contributed by atoms with van der Waals surface area (Å²) >= 11 is 0. The Bertz CT molecular complexity index is 1090. The van der Waals surface area contributed by atoms with Gasteiger partial charge in [0.05, 0.1) is 20.3 Å². The molecule has 0 saturated carbocycles. The molecular formula is C28H33NO5. The van der Waals surface area contributed by atoms with E-state index in [9.17, 15) is 9.59 Å². The predicted octanol–water partition coefficient (Wildman–Crippen LogP) is 5.28. The SMILES string of the molecule is CCCCOc1ccccc1C1CC(=O)NC2=C1C(=O)CC(c1ccc(OCC)c(OC)c1)C2. The second kappa shape index (κ2) is 10.8. The number of ketones is 1. The third kappa shape index (κ3) is 4.96. The summed E-state index contributed by atoms with van der Waals surface area (Å²) in [6.45, 7) is 5.21. The minimum Gasteiger partial charge on any atom is -0.493 e. The summed E-state index contributed by atoms with van der Waals surface area (Å²) in [7, 11) is 1.61. The highest BCUT2D eigenvalue weighted by atomic mass is 16.5. The van der Waals surface area contributed by atoms with Crippen molar-refractivity contribution in [3.05, 3.63) is 64.9 Å². The standard InChI is InChI=1S/C28H33NO5/c1-4-6-13-34-24-10-8-7-9-20(24)21-17-27(31)29-22-14-19(15-23(30)28(21)22)18-11-12-25(33-5-2)26(16-18)32-3/h7-12,16,19,21H,4-6,13-15,17H2,1-3H3,(H,29,31). The van der Waals surface area contributed by atoms with Crippen LogP contribution in [0.5, 0.6) is 17.2 Å². The molecule has 6 heteroatoms. The fourth-order valence-corrected chi connectivity index (χ4v) is 4.90. The molecule has 0 radical (unpaired) electrons. The van der Waals surface area contributed by atoms with Crippen molar-refractivity contribution in [1.82, 2.24) is 5.32 Å². The zero-order valence-electron chi connectivity index (χ0n) is 20.2. The lowest BCUT2D eigenvalue weighted by Crippen LogP contribution is -2.38. The van der Waals surface area contributed by atoms with E-state index >= 15 is 0 Å². The smallest absolute Gasteiger partial charge is 0.225 e. The van der Waals surface area contributed by atoms with Gasteiger partial charge in [-0.1, -0.05) is 37.6 Å². The summed E-state index contributed by atoms with van der Waals surface area (Å²) in [6.07, 6.45) is 3.24. The molecule has 2 aliphatic rings. The van der Waals surface area contributed by atoms with Gasteiger partial charge in [-0.2, -0.15) is 0 Å². The molecule has 2 aromatic rings. The van der Waals surface area contributed by atoms with E-state index in [0.29, 0.717) is 37.6 Å². The van der Waals surface area contributed by atoms with E-state index in [4.69, 9.17) is 14.2 Å². The van der Waals surface area contributed by atoms with Crippen LogP contribution in [0, 0.1) is 0 Å². The Morgan fingerprint density at radius 1 is 0.941 bits per heavy atom. The van der Waals surface area contributed by atoms with Gasteiger partial charge < -0.3 is 19.5 Å². The number of allylic oxidation sites excluding steroid dienone is 2. The van der Waals surface area contributed by atoms with Gasteiger partial charge in [-0.3, -0.25) is 9.59 Å². The average molecular weight is 464 g/mol. The molecule has 0 spiro atoms. The zero-order valence-corrected chi connectivity index (χ0v) is 20.2. The lowest BCUT2D eigenvalue weighted by Gasteiger charge is -2.35. The second-order valence-corrected chi connectivity index (χ2v) is 8.81. The molecule has 1 N–H and O–H groups in total. The van der Waals surface area contributed by atoms with Gasteiger partial charge in [0, 0.05) is 35.6 Å². The van der Waals surface area contributed by atoms with Crippen molar-refractivity contribution in [1.29, 1.82) is 0 Å². The van der Waals surface area contributed by atoms with Crippen LogP contribution in [-0.2, 0) is 9.59 Å². The first kappa shape index (κ1) is 23.9. The van der Waals surface area contributed by atoms with Crippen LogP contribution in [0.4, 0.5) is 0 Å². The molecule has 0 saturated heterocycles. The van der Waals surface area contributed by atoms with Crippen LogP contribution < -0.4 is 19.5 Å². The fraction of sp³-hybridized carbons (Fsp3) is 0.429. The molecule has 0 bridgehead atoms. The van der Waals surface area contributed by atoms with Crippen LogP contribution >= 0.6 is 0 Å². The van der Waals surface area contributed by atoms with E-state index in [0.717, 1.165) is 41.0 Å². The van der Waals surface area contributed by atoms with E-state index in [1.807, 2.05) is 49.4 Å². The number of benzene rings is 2. The third-order valence-corrected chi connectivity index (χ3v) is 6.54. The topological polar surface area (TPSA) is 73.9 Å². The molecule has 1 amide bonds.